The summed E-state index contributed by atoms with van der Waals surface area (Å²) in [6.45, 7) is 0. The number of hydrogen-bond donors (Lipinski definition) is 0. The van der Waals surface area contributed by atoms with Gasteiger partial charge in [-0.1, -0.05) is 5.92 Å². The third-order valence-electron chi connectivity index (χ3n) is 3.63. The smallest absolute Gasteiger partial charge is 0.227 e. The van der Waals surface area contributed by atoms with Crippen LogP contribution in [0.2, 0.25) is 0 Å². The second kappa shape index (κ2) is 8.15. The lowest BCUT2D eigenvalue weighted by Crippen LogP contribution is -1.94. The minimum atomic E-state index is -0.844. The van der Waals surface area contributed by atoms with Crippen LogP contribution in [-0.4, -0.2) is 35.8 Å². The van der Waals surface area contributed by atoms with E-state index in [2.05, 4.69) is 39.9 Å². The Morgan fingerprint density at radius 1 is 0.926 bits per heavy atom. The lowest BCUT2D eigenvalue weighted by molar-refractivity contribution is 0.415. The number of methoxy groups -OCH3 is 1. The maximum atomic E-state index is 6.03. The minimum Gasteiger partial charge on any atom is -0.496 e. The first-order valence-electron chi connectivity index (χ1n) is 8.39. The standard InChI is InChI=1S/C22H22N2O2S/c1-25-21-11-14-23-16-20(21)19-6-5-13-24-22(19)26-18-9-7-17(8-10-18)12-15-27(2,3)4/h5-11,13-14,16H,1-4H3. The number of nitrogens with zero attached hydrogens (tertiary/aromatic N) is 2. The van der Waals surface area contributed by atoms with E-state index in [4.69, 9.17) is 9.47 Å². The van der Waals surface area contributed by atoms with E-state index in [1.807, 2.05) is 42.5 Å². The predicted molar refractivity (Wildman–Crippen MR) is 113 cm³/mol. The van der Waals surface area contributed by atoms with Gasteiger partial charge in [0.15, 0.2) is 0 Å². The third kappa shape index (κ3) is 5.02. The highest BCUT2D eigenvalue weighted by Gasteiger charge is 2.13. The summed E-state index contributed by atoms with van der Waals surface area (Å²) < 4.78 is 11.5. The molecular formula is C22H22N2O2S. The van der Waals surface area contributed by atoms with Gasteiger partial charge in [-0.3, -0.25) is 4.98 Å². The van der Waals surface area contributed by atoms with Gasteiger partial charge in [0.2, 0.25) is 5.88 Å². The van der Waals surface area contributed by atoms with E-state index in [1.54, 1.807) is 25.7 Å². The monoisotopic (exact) mass is 378 g/mol. The van der Waals surface area contributed by atoms with Gasteiger partial charge in [0.25, 0.3) is 0 Å². The number of rotatable bonds is 4. The van der Waals surface area contributed by atoms with Gasteiger partial charge < -0.3 is 9.47 Å². The second-order valence-corrected chi connectivity index (χ2v) is 10.5. The fourth-order valence-corrected chi connectivity index (χ4v) is 2.79. The molecule has 4 nitrogen and oxygen atoms in total. The van der Waals surface area contributed by atoms with Crippen molar-refractivity contribution >= 4 is 10.0 Å². The third-order valence-corrected chi connectivity index (χ3v) is 4.35. The maximum absolute atomic E-state index is 6.03. The molecule has 0 aliphatic carbocycles. The predicted octanol–water partition coefficient (Wildman–Crippen LogP) is 4.95. The van der Waals surface area contributed by atoms with Gasteiger partial charge in [-0.15, -0.1) is 0 Å². The van der Waals surface area contributed by atoms with Gasteiger partial charge >= 0.3 is 0 Å². The number of aromatic nitrogens is 2. The fraction of sp³-hybridized carbons (Fsp3) is 0.182. The number of ether oxygens (including phenoxy) is 2. The van der Waals surface area contributed by atoms with Gasteiger partial charge in [-0.25, -0.2) is 4.98 Å². The van der Waals surface area contributed by atoms with E-state index < -0.39 is 10.0 Å². The molecule has 1 aromatic carbocycles. The molecule has 0 saturated carbocycles. The lowest BCUT2D eigenvalue weighted by atomic mass is 10.1. The molecule has 0 radical (unpaired) electrons. The van der Waals surface area contributed by atoms with Crippen LogP contribution in [0.25, 0.3) is 11.1 Å². The molecule has 3 rings (SSSR count). The minimum absolute atomic E-state index is 0.502. The molecule has 0 saturated heterocycles. The fourth-order valence-electron chi connectivity index (χ4n) is 2.37. The van der Waals surface area contributed by atoms with Crippen molar-refractivity contribution in [3.63, 3.8) is 0 Å². The molecular weight excluding hydrogens is 356 g/mol. The summed E-state index contributed by atoms with van der Waals surface area (Å²) in [5.41, 5.74) is 2.63. The first-order chi connectivity index (χ1) is 13.0. The van der Waals surface area contributed by atoms with Gasteiger partial charge in [0.1, 0.15) is 11.5 Å². The van der Waals surface area contributed by atoms with Gasteiger partial charge in [0, 0.05) is 35.3 Å². The Kier molecular flexibility index (Phi) is 5.68. The molecule has 0 N–H and O–H groups in total. The van der Waals surface area contributed by atoms with E-state index in [0.29, 0.717) is 11.6 Å². The molecule has 0 aliphatic heterocycles. The van der Waals surface area contributed by atoms with Crippen LogP contribution < -0.4 is 9.47 Å². The largest absolute Gasteiger partial charge is 0.496 e. The normalized spacial score (nSPS) is 11.3. The van der Waals surface area contributed by atoms with Crippen molar-refractivity contribution in [1.29, 1.82) is 0 Å². The van der Waals surface area contributed by atoms with Crippen LogP contribution in [0.4, 0.5) is 0 Å². The Hall–Kier alpha value is -2.97. The Labute approximate surface area is 161 Å². The van der Waals surface area contributed by atoms with Crippen LogP contribution in [0.1, 0.15) is 5.56 Å². The lowest BCUT2D eigenvalue weighted by Gasteiger charge is -2.14. The van der Waals surface area contributed by atoms with Crippen molar-refractivity contribution < 1.29 is 9.47 Å². The Morgan fingerprint density at radius 3 is 2.41 bits per heavy atom. The molecule has 5 heteroatoms. The summed E-state index contributed by atoms with van der Waals surface area (Å²) in [6, 6.07) is 13.3. The SMILES string of the molecule is COc1ccncc1-c1cccnc1Oc1ccc(C#CS(C)(C)C)cc1. The quantitative estimate of drug-likeness (QED) is 0.603. The Morgan fingerprint density at radius 2 is 1.70 bits per heavy atom. The van der Waals surface area contributed by atoms with Crippen LogP contribution >= 0.6 is 10.0 Å². The molecule has 2 aromatic heterocycles. The second-order valence-electron chi connectivity index (χ2n) is 6.62. The van der Waals surface area contributed by atoms with Crippen molar-refractivity contribution in [2.24, 2.45) is 0 Å². The molecule has 0 unspecified atom stereocenters. The van der Waals surface area contributed by atoms with Gasteiger partial charge in [0.05, 0.1) is 7.11 Å². The van der Waals surface area contributed by atoms with Crippen molar-refractivity contribution in [2.45, 2.75) is 0 Å². The summed E-state index contributed by atoms with van der Waals surface area (Å²) >= 11 is 0. The number of pyridine rings is 2. The zero-order valence-electron chi connectivity index (χ0n) is 15.9. The van der Waals surface area contributed by atoms with E-state index in [1.165, 1.54) is 0 Å². The van der Waals surface area contributed by atoms with Crippen molar-refractivity contribution in [3.8, 4) is 39.7 Å². The number of benzene rings is 1. The molecule has 0 atom stereocenters. The zero-order valence-corrected chi connectivity index (χ0v) is 16.7. The van der Waals surface area contributed by atoms with Crippen LogP contribution in [0.15, 0.2) is 61.1 Å². The molecule has 0 spiro atoms. The molecule has 3 aromatic rings. The van der Waals surface area contributed by atoms with Gasteiger partial charge in [-0.2, -0.15) is 10.0 Å². The summed E-state index contributed by atoms with van der Waals surface area (Å²) in [7, 11) is 0.790. The average Bonchev–Trinajstić information content (AvgIpc) is 2.67. The van der Waals surface area contributed by atoms with Crippen molar-refractivity contribution in [3.05, 3.63) is 66.6 Å². The molecule has 0 fully saturated rings. The Bertz CT molecular complexity index is 983. The molecule has 27 heavy (non-hydrogen) atoms. The first kappa shape index (κ1) is 18.8. The van der Waals surface area contributed by atoms with Crippen LogP contribution in [0.5, 0.6) is 17.4 Å². The van der Waals surface area contributed by atoms with E-state index in [0.717, 1.165) is 22.4 Å². The van der Waals surface area contributed by atoms with E-state index in [-0.39, 0.29) is 0 Å². The van der Waals surface area contributed by atoms with E-state index >= 15 is 0 Å². The van der Waals surface area contributed by atoms with Crippen molar-refractivity contribution in [1.82, 2.24) is 9.97 Å². The van der Waals surface area contributed by atoms with Crippen LogP contribution in [0.3, 0.4) is 0 Å². The highest BCUT2D eigenvalue weighted by atomic mass is 32.3. The first-order valence-corrected chi connectivity index (χ1v) is 11.2. The van der Waals surface area contributed by atoms with Gasteiger partial charge in [-0.05, 0) is 66.5 Å². The topological polar surface area (TPSA) is 44.2 Å². The Balaban J connectivity index is 1.88. The molecule has 2 heterocycles. The average molecular weight is 378 g/mol. The number of hydrogen-bond acceptors (Lipinski definition) is 4. The molecule has 0 amide bonds. The summed E-state index contributed by atoms with van der Waals surface area (Å²) in [4.78, 5) is 8.58. The zero-order chi connectivity index (χ0) is 19.3. The molecule has 0 aliphatic rings. The summed E-state index contributed by atoms with van der Waals surface area (Å²) in [5.74, 6) is 5.14. The van der Waals surface area contributed by atoms with Crippen LogP contribution in [0, 0.1) is 11.2 Å². The highest BCUT2D eigenvalue weighted by molar-refractivity contribution is 8.35. The summed E-state index contributed by atoms with van der Waals surface area (Å²) in [6.07, 6.45) is 11.7. The maximum Gasteiger partial charge on any atom is 0.227 e. The van der Waals surface area contributed by atoms with Crippen LogP contribution in [-0.2, 0) is 0 Å². The summed E-state index contributed by atoms with van der Waals surface area (Å²) in [5, 5.41) is 3.31. The molecule has 0 bridgehead atoms. The molecule has 138 valence electrons. The van der Waals surface area contributed by atoms with Crippen molar-refractivity contribution in [2.75, 3.05) is 25.9 Å². The van der Waals surface area contributed by atoms with E-state index in [9.17, 15) is 0 Å². The highest BCUT2D eigenvalue weighted by Crippen LogP contribution is 2.36.